The summed E-state index contributed by atoms with van der Waals surface area (Å²) in [6.45, 7) is -0.549. The average molecular weight is 519 g/mol. The molecule has 2 aliphatic rings. The highest BCUT2D eigenvalue weighted by atomic mass is 35.5. The second-order valence-corrected chi connectivity index (χ2v) is 9.54. The molecule has 0 N–H and O–H groups in total. The molecular formula is C22H18ClF3N8S. The molecule has 0 radical (unpaired) electrons. The molecule has 2 aromatic heterocycles. The largest absolute Gasteiger partial charge is 0.333 e. The van der Waals surface area contributed by atoms with Gasteiger partial charge in [0.2, 0.25) is 0 Å². The first-order valence-corrected chi connectivity index (χ1v) is 11.9. The minimum absolute atomic E-state index is 0.153. The van der Waals surface area contributed by atoms with Crippen LogP contribution in [0.5, 0.6) is 0 Å². The first kappa shape index (κ1) is 23.4. The number of thiazole rings is 1. The van der Waals surface area contributed by atoms with Gasteiger partial charge in [-0.2, -0.15) is 13.9 Å². The van der Waals surface area contributed by atoms with Crippen molar-refractivity contribution in [3.8, 4) is 0 Å². The predicted molar refractivity (Wildman–Crippen MR) is 127 cm³/mol. The Kier molecular flexibility index (Phi) is 6.04. The van der Waals surface area contributed by atoms with E-state index < -0.39 is 23.9 Å². The summed E-state index contributed by atoms with van der Waals surface area (Å²) in [7, 11) is 0. The standard InChI is InChI=1S/C22H18ClF3N8S/c1-2-22(31-32-27)8-16-17(12-9-29-34(10-12)21(25)26)18(14-4-3-13(24)7-15(14)23)30-19(33(16)11-22)20-28-5-6-35-20/h3-7,9-10,18,21H,2,8,11H2,1H3/t18-,22+/m0/s1. The van der Waals surface area contributed by atoms with Gasteiger partial charge in [0.1, 0.15) is 11.9 Å². The molecule has 13 heteroatoms. The molecule has 0 unspecified atom stereocenters. The topological polar surface area (TPSA) is 95.1 Å². The summed E-state index contributed by atoms with van der Waals surface area (Å²) >= 11 is 7.84. The molecule has 2 aliphatic heterocycles. The lowest BCUT2D eigenvalue weighted by atomic mass is 9.88. The second kappa shape index (κ2) is 9.03. The highest BCUT2D eigenvalue weighted by molar-refractivity contribution is 7.11. The van der Waals surface area contributed by atoms with Gasteiger partial charge in [0.15, 0.2) is 10.8 Å². The van der Waals surface area contributed by atoms with Gasteiger partial charge in [-0.15, -0.1) is 11.3 Å². The lowest BCUT2D eigenvalue weighted by molar-refractivity contribution is 0.0566. The fraction of sp³-hybridized carbons (Fsp3) is 0.318. The van der Waals surface area contributed by atoms with Crippen molar-refractivity contribution in [3.63, 3.8) is 0 Å². The van der Waals surface area contributed by atoms with Crippen molar-refractivity contribution < 1.29 is 13.2 Å². The lowest BCUT2D eigenvalue weighted by Gasteiger charge is -2.32. The van der Waals surface area contributed by atoms with E-state index in [1.807, 2.05) is 17.2 Å². The molecule has 35 heavy (non-hydrogen) atoms. The number of benzene rings is 1. The monoisotopic (exact) mass is 518 g/mol. The first-order valence-electron chi connectivity index (χ1n) is 10.7. The van der Waals surface area contributed by atoms with E-state index in [-0.39, 0.29) is 5.02 Å². The zero-order valence-electron chi connectivity index (χ0n) is 18.3. The Balaban J connectivity index is 1.78. The summed E-state index contributed by atoms with van der Waals surface area (Å²) in [6.07, 6.45) is 5.15. The van der Waals surface area contributed by atoms with Crippen LogP contribution >= 0.6 is 22.9 Å². The van der Waals surface area contributed by atoms with Crippen LogP contribution in [0.15, 0.2) is 58.0 Å². The van der Waals surface area contributed by atoms with Crippen LogP contribution in [-0.2, 0) is 0 Å². The molecule has 0 spiro atoms. The summed E-state index contributed by atoms with van der Waals surface area (Å²) < 4.78 is 41.2. The molecule has 180 valence electrons. The summed E-state index contributed by atoms with van der Waals surface area (Å²) in [5.74, 6) is 0.0446. The molecule has 0 aliphatic carbocycles. The van der Waals surface area contributed by atoms with Crippen molar-refractivity contribution in [2.45, 2.75) is 37.9 Å². The first-order chi connectivity index (χ1) is 16.9. The van der Waals surface area contributed by atoms with Gasteiger partial charge in [0.25, 0.3) is 0 Å². The van der Waals surface area contributed by atoms with Gasteiger partial charge >= 0.3 is 6.55 Å². The number of hydrogen-bond acceptors (Lipinski definition) is 6. The van der Waals surface area contributed by atoms with E-state index in [0.717, 1.165) is 5.70 Å². The molecular weight excluding hydrogens is 501 g/mol. The van der Waals surface area contributed by atoms with Crippen molar-refractivity contribution >= 4 is 34.3 Å². The number of rotatable bonds is 6. The quantitative estimate of drug-likeness (QED) is 0.209. The minimum Gasteiger partial charge on any atom is -0.327 e. The zero-order valence-corrected chi connectivity index (χ0v) is 19.9. The molecule has 2 atom stereocenters. The van der Waals surface area contributed by atoms with E-state index in [0.29, 0.717) is 51.6 Å². The fourth-order valence-electron chi connectivity index (χ4n) is 4.54. The van der Waals surface area contributed by atoms with Gasteiger partial charge in [-0.1, -0.05) is 29.7 Å². The molecule has 3 aromatic rings. The van der Waals surface area contributed by atoms with Crippen molar-refractivity contribution in [1.82, 2.24) is 19.7 Å². The van der Waals surface area contributed by atoms with Crippen LogP contribution in [-0.4, -0.2) is 37.6 Å². The van der Waals surface area contributed by atoms with E-state index in [1.165, 1.54) is 41.9 Å². The Morgan fingerprint density at radius 1 is 1.40 bits per heavy atom. The van der Waals surface area contributed by atoms with Gasteiger partial charge in [0.05, 0.1) is 11.7 Å². The molecule has 4 heterocycles. The van der Waals surface area contributed by atoms with E-state index in [1.54, 1.807) is 6.20 Å². The number of hydrogen-bond donors (Lipinski definition) is 0. The number of aliphatic imine (C=N–C) groups is 1. The van der Waals surface area contributed by atoms with E-state index in [4.69, 9.17) is 16.6 Å². The van der Waals surface area contributed by atoms with Crippen LogP contribution in [0.2, 0.25) is 5.02 Å². The summed E-state index contributed by atoms with van der Waals surface area (Å²) in [5, 5.41) is 10.5. The van der Waals surface area contributed by atoms with Gasteiger partial charge in [-0.05, 0) is 29.6 Å². The molecule has 5 rings (SSSR count). The van der Waals surface area contributed by atoms with Crippen molar-refractivity contribution in [3.05, 3.63) is 85.3 Å². The van der Waals surface area contributed by atoms with E-state index >= 15 is 0 Å². The second-order valence-electron chi connectivity index (χ2n) is 8.24. The smallest absolute Gasteiger partial charge is 0.327 e. The molecule has 0 bridgehead atoms. The maximum Gasteiger partial charge on any atom is 0.333 e. The van der Waals surface area contributed by atoms with E-state index in [2.05, 4.69) is 20.1 Å². The number of aromatic nitrogens is 3. The number of alkyl halides is 2. The predicted octanol–water partition coefficient (Wildman–Crippen LogP) is 6.60. The van der Waals surface area contributed by atoms with Crippen LogP contribution < -0.4 is 0 Å². The van der Waals surface area contributed by atoms with Crippen molar-refractivity contribution in [2.75, 3.05) is 6.54 Å². The van der Waals surface area contributed by atoms with Crippen LogP contribution in [0.1, 0.15) is 48.5 Å². The number of fused-ring (bicyclic) bond motifs is 1. The van der Waals surface area contributed by atoms with Crippen LogP contribution in [0.4, 0.5) is 13.2 Å². The third kappa shape index (κ3) is 4.07. The Bertz CT molecular complexity index is 1380. The molecule has 1 fully saturated rings. The Morgan fingerprint density at radius 3 is 2.86 bits per heavy atom. The molecule has 8 nitrogen and oxygen atoms in total. The van der Waals surface area contributed by atoms with Crippen LogP contribution in [0.25, 0.3) is 16.0 Å². The average Bonchev–Trinajstić information content (AvgIpc) is 3.58. The normalized spacial score (nSPS) is 21.8. The SMILES string of the molecule is CC[C@@]1(N=[N+]=[N-])CC2=C(c3cnn(C(F)F)c3)[C@H](c3ccc(F)cc3Cl)N=C(c3nccs3)N2C1. The number of halogens is 4. The van der Waals surface area contributed by atoms with Crippen molar-refractivity contribution in [1.29, 1.82) is 0 Å². The fourth-order valence-corrected chi connectivity index (χ4v) is 5.45. The lowest BCUT2D eigenvalue weighted by Crippen LogP contribution is -2.36. The van der Waals surface area contributed by atoms with Gasteiger partial charge < -0.3 is 4.90 Å². The number of azide groups is 1. The third-order valence-corrected chi connectivity index (χ3v) is 7.37. The highest BCUT2D eigenvalue weighted by Crippen LogP contribution is 2.49. The molecule has 0 amide bonds. The van der Waals surface area contributed by atoms with Gasteiger partial charge in [-0.3, -0.25) is 4.99 Å². The van der Waals surface area contributed by atoms with Crippen LogP contribution in [0, 0.1) is 5.82 Å². The molecule has 1 saturated heterocycles. The number of nitrogens with zero attached hydrogens (tertiary/aromatic N) is 8. The Labute approximate surface area is 207 Å². The van der Waals surface area contributed by atoms with Crippen LogP contribution in [0.3, 0.4) is 0 Å². The summed E-state index contributed by atoms with van der Waals surface area (Å²) in [6, 6.07) is 3.26. The number of amidine groups is 1. The minimum atomic E-state index is -2.82. The highest BCUT2D eigenvalue weighted by Gasteiger charge is 2.46. The summed E-state index contributed by atoms with van der Waals surface area (Å²) in [4.78, 5) is 14.4. The molecule has 0 saturated carbocycles. The van der Waals surface area contributed by atoms with Crippen molar-refractivity contribution in [2.24, 2.45) is 10.1 Å². The van der Waals surface area contributed by atoms with Gasteiger partial charge in [0, 0.05) is 57.5 Å². The third-order valence-electron chi connectivity index (χ3n) is 6.27. The Morgan fingerprint density at radius 2 is 2.23 bits per heavy atom. The maximum absolute atomic E-state index is 13.9. The Hall–Kier alpha value is -3.34. The maximum atomic E-state index is 13.9. The zero-order chi connectivity index (χ0) is 24.7. The molecule has 1 aromatic carbocycles. The van der Waals surface area contributed by atoms with E-state index in [9.17, 15) is 18.7 Å². The summed E-state index contributed by atoms with van der Waals surface area (Å²) in [5.41, 5.74) is 10.8. The van der Waals surface area contributed by atoms with Gasteiger partial charge in [-0.25, -0.2) is 14.1 Å².